The number of carbonyl (C=O) groups excluding carboxylic acids is 1. The quantitative estimate of drug-likeness (QED) is 0.929. The first-order valence-electron chi connectivity index (χ1n) is 7.79. The van der Waals surface area contributed by atoms with Crippen molar-refractivity contribution in [2.75, 3.05) is 18.4 Å². The number of carbonyl (C=O) groups is 1. The van der Waals surface area contributed by atoms with E-state index in [1.807, 2.05) is 17.0 Å². The van der Waals surface area contributed by atoms with Crippen molar-refractivity contribution in [1.82, 2.24) is 14.9 Å². The highest BCUT2D eigenvalue weighted by atomic mass is 35.5. The fourth-order valence-corrected chi connectivity index (χ4v) is 2.81. The van der Waals surface area contributed by atoms with Gasteiger partial charge in [-0.3, -0.25) is 4.79 Å². The summed E-state index contributed by atoms with van der Waals surface area (Å²) in [5.41, 5.74) is 1.31. The minimum atomic E-state index is -0.0191. The van der Waals surface area contributed by atoms with Gasteiger partial charge in [0.05, 0.1) is 0 Å². The summed E-state index contributed by atoms with van der Waals surface area (Å²) in [6.45, 7) is 3.41. The second kappa shape index (κ2) is 6.96. The van der Waals surface area contributed by atoms with Gasteiger partial charge in [-0.25, -0.2) is 9.97 Å². The third-order valence-electron chi connectivity index (χ3n) is 3.82. The summed E-state index contributed by atoms with van der Waals surface area (Å²) in [6, 6.07) is 9.05. The minimum absolute atomic E-state index is 0.0191. The lowest BCUT2D eigenvalue weighted by Crippen LogP contribution is -2.36. The van der Waals surface area contributed by atoms with Gasteiger partial charge in [0.2, 0.25) is 0 Å². The molecule has 0 aliphatic carbocycles. The first kappa shape index (κ1) is 15.7. The van der Waals surface area contributed by atoms with Crippen molar-refractivity contribution in [3.8, 4) is 0 Å². The highest BCUT2D eigenvalue weighted by molar-refractivity contribution is 6.30. The Morgan fingerprint density at radius 1 is 1.13 bits per heavy atom. The maximum Gasteiger partial charge on any atom is 0.272 e. The number of aryl methyl sites for hydroxylation is 1. The number of amides is 1. The molecule has 0 bridgehead atoms. The molecule has 6 heteroatoms. The molecule has 1 N–H and O–H groups in total. The predicted molar refractivity (Wildman–Crippen MR) is 91.3 cm³/mol. The second-order valence-electron chi connectivity index (χ2n) is 5.67. The van der Waals surface area contributed by atoms with Crippen LogP contribution in [0.25, 0.3) is 0 Å². The van der Waals surface area contributed by atoms with Gasteiger partial charge in [0.15, 0.2) is 0 Å². The molecule has 23 heavy (non-hydrogen) atoms. The summed E-state index contributed by atoms with van der Waals surface area (Å²) in [4.78, 5) is 23.1. The number of hydrogen-bond donors (Lipinski definition) is 1. The van der Waals surface area contributed by atoms with Crippen LogP contribution in [0.5, 0.6) is 0 Å². The fourth-order valence-electron chi connectivity index (χ4n) is 2.68. The van der Waals surface area contributed by atoms with Gasteiger partial charge in [0.25, 0.3) is 5.91 Å². The molecule has 1 aromatic heterocycles. The van der Waals surface area contributed by atoms with Crippen LogP contribution in [0.1, 0.15) is 35.6 Å². The summed E-state index contributed by atoms with van der Waals surface area (Å²) in [6.07, 6.45) is 3.31. The Kier molecular flexibility index (Phi) is 4.76. The summed E-state index contributed by atoms with van der Waals surface area (Å²) in [5.74, 6) is 1.17. The zero-order chi connectivity index (χ0) is 16.2. The summed E-state index contributed by atoms with van der Waals surface area (Å²) < 4.78 is 0. The van der Waals surface area contributed by atoms with Crippen LogP contribution >= 0.6 is 11.6 Å². The normalized spacial score (nSPS) is 14.6. The van der Waals surface area contributed by atoms with E-state index in [9.17, 15) is 4.79 Å². The topological polar surface area (TPSA) is 58.1 Å². The van der Waals surface area contributed by atoms with Crippen molar-refractivity contribution in [2.24, 2.45) is 0 Å². The molecule has 5 nitrogen and oxygen atoms in total. The molecular formula is C17H19ClN4O. The number of anilines is 2. The van der Waals surface area contributed by atoms with Crippen molar-refractivity contribution in [2.45, 2.75) is 26.2 Å². The van der Waals surface area contributed by atoms with Crippen molar-refractivity contribution in [1.29, 1.82) is 0 Å². The number of nitrogens with one attached hydrogen (secondary N) is 1. The molecule has 0 radical (unpaired) electrons. The number of rotatable bonds is 3. The van der Waals surface area contributed by atoms with E-state index in [0.717, 1.165) is 31.6 Å². The molecule has 1 fully saturated rings. The zero-order valence-corrected chi connectivity index (χ0v) is 13.8. The Morgan fingerprint density at radius 3 is 2.52 bits per heavy atom. The Labute approximate surface area is 140 Å². The lowest BCUT2D eigenvalue weighted by Gasteiger charge is -2.26. The van der Waals surface area contributed by atoms with Crippen molar-refractivity contribution in [3.63, 3.8) is 0 Å². The predicted octanol–water partition coefficient (Wildman–Crippen LogP) is 3.81. The molecule has 1 aliphatic heterocycles. The highest BCUT2D eigenvalue weighted by Crippen LogP contribution is 2.19. The Balaban J connectivity index is 1.80. The molecule has 2 heterocycles. The van der Waals surface area contributed by atoms with Gasteiger partial charge >= 0.3 is 0 Å². The first-order valence-corrected chi connectivity index (χ1v) is 8.17. The smallest absolute Gasteiger partial charge is 0.272 e. The Morgan fingerprint density at radius 2 is 1.83 bits per heavy atom. The molecule has 3 rings (SSSR count). The average Bonchev–Trinajstić information content (AvgIpc) is 2.56. The van der Waals surface area contributed by atoms with E-state index in [1.165, 1.54) is 6.42 Å². The largest absolute Gasteiger partial charge is 0.340 e. The van der Waals surface area contributed by atoms with E-state index < -0.39 is 0 Å². The summed E-state index contributed by atoms with van der Waals surface area (Å²) in [5, 5.41) is 3.87. The van der Waals surface area contributed by atoms with Crippen molar-refractivity contribution >= 4 is 29.0 Å². The van der Waals surface area contributed by atoms with Crippen LogP contribution < -0.4 is 5.32 Å². The van der Waals surface area contributed by atoms with Crippen LogP contribution in [0.4, 0.5) is 11.5 Å². The zero-order valence-electron chi connectivity index (χ0n) is 13.1. The molecule has 1 amide bonds. The number of likely N-dealkylation sites (tertiary alicyclic amines) is 1. The van der Waals surface area contributed by atoms with Gasteiger partial charge in [-0.1, -0.05) is 11.6 Å². The van der Waals surface area contributed by atoms with Crippen molar-refractivity contribution in [3.05, 3.63) is 46.9 Å². The van der Waals surface area contributed by atoms with Crippen LogP contribution in [-0.4, -0.2) is 33.9 Å². The minimum Gasteiger partial charge on any atom is -0.340 e. The van der Waals surface area contributed by atoms with Crippen molar-refractivity contribution < 1.29 is 4.79 Å². The van der Waals surface area contributed by atoms with Gasteiger partial charge in [-0.05, 0) is 50.5 Å². The third kappa shape index (κ3) is 3.99. The fraction of sp³-hybridized carbons (Fsp3) is 0.353. The van der Waals surface area contributed by atoms with Crippen LogP contribution in [0, 0.1) is 6.92 Å². The van der Waals surface area contributed by atoms with E-state index in [0.29, 0.717) is 22.4 Å². The van der Waals surface area contributed by atoms with Gasteiger partial charge < -0.3 is 10.2 Å². The second-order valence-corrected chi connectivity index (χ2v) is 6.11. The van der Waals surface area contributed by atoms with E-state index in [4.69, 9.17) is 11.6 Å². The summed E-state index contributed by atoms with van der Waals surface area (Å²) >= 11 is 5.89. The molecule has 120 valence electrons. The number of aromatic nitrogens is 2. The Hall–Kier alpha value is -2.14. The lowest BCUT2D eigenvalue weighted by molar-refractivity contribution is 0.0718. The first-order chi connectivity index (χ1) is 11.1. The molecule has 0 saturated carbocycles. The lowest BCUT2D eigenvalue weighted by atomic mass is 10.1. The van der Waals surface area contributed by atoms with Gasteiger partial charge in [0, 0.05) is 29.9 Å². The highest BCUT2D eigenvalue weighted by Gasteiger charge is 2.20. The third-order valence-corrected chi connectivity index (χ3v) is 4.07. The molecule has 1 aliphatic rings. The molecule has 0 spiro atoms. The van der Waals surface area contributed by atoms with E-state index in [2.05, 4.69) is 15.3 Å². The van der Waals surface area contributed by atoms with E-state index >= 15 is 0 Å². The van der Waals surface area contributed by atoms with Gasteiger partial charge in [0.1, 0.15) is 17.3 Å². The maximum absolute atomic E-state index is 12.6. The Bertz CT molecular complexity index is 696. The standard InChI is InChI=1S/C17H19ClN4O/c1-12-19-15(17(23)22-9-3-2-4-10-22)11-16(20-12)21-14-7-5-13(18)6-8-14/h5-8,11H,2-4,9-10H2,1H3,(H,19,20,21). The summed E-state index contributed by atoms with van der Waals surface area (Å²) in [7, 11) is 0. The molecule has 1 saturated heterocycles. The van der Waals surface area contributed by atoms with Crippen LogP contribution in [0.3, 0.4) is 0 Å². The van der Waals surface area contributed by atoms with Crippen LogP contribution in [0.2, 0.25) is 5.02 Å². The number of nitrogens with zero attached hydrogens (tertiary/aromatic N) is 3. The van der Waals surface area contributed by atoms with E-state index in [-0.39, 0.29) is 5.91 Å². The molecule has 1 aromatic carbocycles. The van der Waals surface area contributed by atoms with Crippen LogP contribution in [-0.2, 0) is 0 Å². The average molecular weight is 331 g/mol. The number of benzene rings is 1. The van der Waals surface area contributed by atoms with Gasteiger partial charge in [-0.15, -0.1) is 0 Å². The number of halogens is 1. The van der Waals surface area contributed by atoms with Crippen LogP contribution in [0.15, 0.2) is 30.3 Å². The molecule has 0 unspecified atom stereocenters. The maximum atomic E-state index is 12.6. The monoisotopic (exact) mass is 330 g/mol. The molecule has 0 atom stereocenters. The number of piperidine rings is 1. The molecule has 2 aromatic rings. The SMILES string of the molecule is Cc1nc(Nc2ccc(Cl)cc2)cc(C(=O)N2CCCCC2)n1. The van der Waals surface area contributed by atoms with E-state index in [1.54, 1.807) is 25.1 Å². The number of hydrogen-bond acceptors (Lipinski definition) is 4. The molecular weight excluding hydrogens is 312 g/mol. The van der Waals surface area contributed by atoms with Gasteiger partial charge in [-0.2, -0.15) is 0 Å².